The summed E-state index contributed by atoms with van der Waals surface area (Å²) in [5.41, 5.74) is 0. The zero-order valence-corrected chi connectivity index (χ0v) is 7.89. The highest BCUT2D eigenvalue weighted by atomic mass is 16.5. The van der Waals surface area contributed by atoms with E-state index in [0.29, 0.717) is 19.8 Å². The predicted octanol–water partition coefficient (Wildman–Crippen LogP) is 0.671. The Hall–Kier alpha value is -0.870. The highest BCUT2D eigenvalue weighted by Crippen LogP contribution is 1.93. The lowest BCUT2D eigenvalue weighted by atomic mass is 10.4. The number of nitrogens with zero attached hydrogens (tertiary/aromatic N) is 2. The van der Waals surface area contributed by atoms with Gasteiger partial charge in [0.2, 0.25) is 0 Å². The van der Waals surface area contributed by atoms with Gasteiger partial charge in [0.15, 0.2) is 0 Å². The summed E-state index contributed by atoms with van der Waals surface area (Å²) in [4.78, 5) is 3.88. The number of aliphatic hydroxyl groups excluding tert-OH is 1. The summed E-state index contributed by atoms with van der Waals surface area (Å²) < 4.78 is 7.04. The topological polar surface area (TPSA) is 47.3 Å². The monoisotopic (exact) mass is 184 g/mol. The first-order chi connectivity index (χ1) is 6.33. The fourth-order valence-corrected chi connectivity index (χ4v) is 1.05. The first-order valence-corrected chi connectivity index (χ1v) is 4.54. The van der Waals surface area contributed by atoms with Crippen LogP contribution in [-0.4, -0.2) is 34.0 Å². The molecule has 1 N–H and O–H groups in total. The van der Waals surface area contributed by atoms with E-state index in [9.17, 15) is 5.11 Å². The van der Waals surface area contributed by atoms with Gasteiger partial charge in [0.1, 0.15) is 0 Å². The number of rotatable bonds is 6. The van der Waals surface area contributed by atoms with E-state index in [1.807, 2.05) is 17.7 Å². The molecule has 0 aliphatic heterocycles. The number of aromatic nitrogens is 2. The summed E-state index contributed by atoms with van der Waals surface area (Å²) in [6.07, 6.45) is 5.74. The highest BCUT2D eigenvalue weighted by molar-refractivity contribution is 4.75. The molecule has 0 aliphatic carbocycles. The molecular formula is C9H16N2O2. The normalized spacial score (nSPS) is 13.1. The second-order valence-electron chi connectivity index (χ2n) is 2.99. The first-order valence-electron chi connectivity index (χ1n) is 4.54. The zero-order chi connectivity index (χ0) is 9.52. The van der Waals surface area contributed by atoms with Gasteiger partial charge in [-0.2, -0.15) is 0 Å². The maximum atomic E-state index is 9.47. The van der Waals surface area contributed by atoms with Crippen molar-refractivity contribution in [3.63, 3.8) is 0 Å². The van der Waals surface area contributed by atoms with Crippen molar-refractivity contribution in [2.24, 2.45) is 0 Å². The molecule has 0 radical (unpaired) electrons. The average Bonchev–Trinajstić information content (AvgIpc) is 2.57. The second-order valence-corrected chi connectivity index (χ2v) is 2.99. The van der Waals surface area contributed by atoms with E-state index in [0.717, 1.165) is 6.42 Å². The summed E-state index contributed by atoms with van der Waals surface area (Å²) in [5, 5.41) is 9.47. The summed E-state index contributed by atoms with van der Waals surface area (Å²) in [6.45, 7) is 3.69. The third kappa shape index (κ3) is 4.05. The maximum absolute atomic E-state index is 9.47. The van der Waals surface area contributed by atoms with Crippen molar-refractivity contribution in [3.05, 3.63) is 18.7 Å². The molecule has 0 aliphatic rings. The van der Waals surface area contributed by atoms with Crippen LogP contribution in [0.25, 0.3) is 0 Å². The number of ether oxygens (including phenoxy) is 1. The summed E-state index contributed by atoms with van der Waals surface area (Å²) in [5.74, 6) is 0. The van der Waals surface area contributed by atoms with Crippen LogP contribution < -0.4 is 0 Å². The molecule has 1 aromatic heterocycles. The third-order valence-electron chi connectivity index (χ3n) is 1.64. The Labute approximate surface area is 78.2 Å². The van der Waals surface area contributed by atoms with Gasteiger partial charge in [-0.05, 0) is 6.42 Å². The van der Waals surface area contributed by atoms with Gasteiger partial charge in [0.25, 0.3) is 0 Å². The lowest BCUT2D eigenvalue weighted by Gasteiger charge is -2.10. The number of hydrogen-bond donors (Lipinski definition) is 1. The van der Waals surface area contributed by atoms with E-state index in [1.54, 1.807) is 12.5 Å². The smallest absolute Gasteiger partial charge is 0.0952 e. The Bertz CT molecular complexity index is 211. The van der Waals surface area contributed by atoms with E-state index in [-0.39, 0.29) is 0 Å². The van der Waals surface area contributed by atoms with Crippen LogP contribution >= 0.6 is 0 Å². The molecule has 0 fully saturated rings. The lowest BCUT2D eigenvalue weighted by Crippen LogP contribution is -2.21. The molecule has 0 saturated heterocycles. The minimum Gasteiger partial charge on any atom is -0.389 e. The molecule has 4 heteroatoms. The second kappa shape index (κ2) is 5.72. The van der Waals surface area contributed by atoms with Gasteiger partial charge in [-0.3, -0.25) is 0 Å². The van der Waals surface area contributed by atoms with Gasteiger partial charge in [-0.25, -0.2) is 4.98 Å². The van der Waals surface area contributed by atoms with Crippen LogP contribution in [0.5, 0.6) is 0 Å². The Balaban J connectivity index is 2.14. The fourth-order valence-electron chi connectivity index (χ4n) is 1.05. The lowest BCUT2D eigenvalue weighted by molar-refractivity contribution is 0.0284. The van der Waals surface area contributed by atoms with Crippen LogP contribution in [0.15, 0.2) is 18.7 Å². The van der Waals surface area contributed by atoms with Crippen molar-refractivity contribution in [1.82, 2.24) is 9.55 Å². The van der Waals surface area contributed by atoms with Crippen LogP contribution in [-0.2, 0) is 11.3 Å². The van der Waals surface area contributed by atoms with Gasteiger partial charge in [0, 0.05) is 19.0 Å². The largest absolute Gasteiger partial charge is 0.389 e. The molecule has 0 bridgehead atoms. The molecule has 1 heterocycles. The average molecular weight is 184 g/mol. The highest BCUT2D eigenvalue weighted by Gasteiger charge is 2.03. The molecule has 1 unspecified atom stereocenters. The summed E-state index contributed by atoms with van der Waals surface area (Å²) >= 11 is 0. The molecule has 0 saturated carbocycles. The van der Waals surface area contributed by atoms with Crippen molar-refractivity contribution in [2.45, 2.75) is 26.0 Å². The number of aliphatic hydroxyl groups is 1. The molecule has 13 heavy (non-hydrogen) atoms. The first kappa shape index (κ1) is 10.2. The van der Waals surface area contributed by atoms with Gasteiger partial charge >= 0.3 is 0 Å². The molecule has 0 amide bonds. The van der Waals surface area contributed by atoms with Crippen LogP contribution in [0, 0.1) is 0 Å². The van der Waals surface area contributed by atoms with Crippen molar-refractivity contribution < 1.29 is 9.84 Å². The Kier molecular flexibility index (Phi) is 4.49. The molecule has 1 rings (SSSR count). The predicted molar refractivity (Wildman–Crippen MR) is 49.3 cm³/mol. The van der Waals surface area contributed by atoms with Crippen LogP contribution in [0.3, 0.4) is 0 Å². The quantitative estimate of drug-likeness (QED) is 0.661. The fraction of sp³-hybridized carbons (Fsp3) is 0.667. The van der Waals surface area contributed by atoms with E-state index < -0.39 is 6.10 Å². The van der Waals surface area contributed by atoms with E-state index >= 15 is 0 Å². The van der Waals surface area contributed by atoms with Crippen molar-refractivity contribution >= 4 is 0 Å². The molecule has 74 valence electrons. The maximum Gasteiger partial charge on any atom is 0.0952 e. The Morgan fingerprint density at radius 1 is 1.62 bits per heavy atom. The van der Waals surface area contributed by atoms with Crippen molar-refractivity contribution in [1.29, 1.82) is 0 Å². The number of hydrogen-bond acceptors (Lipinski definition) is 3. The van der Waals surface area contributed by atoms with Gasteiger partial charge < -0.3 is 14.4 Å². The molecule has 0 aromatic carbocycles. The minimum absolute atomic E-state index is 0.395. The Morgan fingerprint density at radius 2 is 2.46 bits per heavy atom. The van der Waals surface area contributed by atoms with Gasteiger partial charge in [-0.1, -0.05) is 6.92 Å². The van der Waals surface area contributed by atoms with Gasteiger partial charge in [0.05, 0.1) is 25.6 Å². The Morgan fingerprint density at radius 3 is 3.08 bits per heavy atom. The van der Waals surface area contributed by atoms with Crippen LogP contribution in [0.2, 0.25) is 0 Å². The number of imidazole rings is 1. The molecular weight excluding hydrogens is 168 g/mol. The zero-order valence-electron chi connectivity index (χ0n) is 7.89. The summed E-state index contributed by atoms with van der Waals surface area (Å²) in [7, 11) is 0. The molecule has 4 nitrogen and oxygen atoms in total. The molecule has 1 aromatic rings. The summed E-state index contributed by atoms with van der Waals surface area (Å²) in [6, 6.07) is 0. The van der Waals surface area contributed by atoms with E-state index in [2.05, 4.69) is 4.98 Å². The SMILES string of the molecule is CCCOCC(O)Cn1ccnc1. The van der Waals surface area contributed by atoms with Crippen LogP contribution in [0.4, 0.5) is 0 Å². The standard InChI is InChI=1S/C9H16N2O2/c1-2-5-13-7-9(12)6-11-4-3-10-8-11/h3-4,8-9,12H,2,5-7H2,1H3. The van der Waals surface area contributed by atoms with Crippen molar-refractivity contribution in [3.8, 4) is 0 Å². The minimum atomic E-state index is -0.444. The molecule has 0 spiro atoms. The third-order valence-corrected chi connectivity index (χ3v) is 1.64. The van der Waals surface area contributed by atoms with E-state index in [4.69, 9.17) is 4.74 Å². The van der Waals surface area contributed by atoms with Crippen LogP contribution in [0.1, 0.15) is 13.3 Å². The molecule has 1 atom stereocenters. The van der Waals surface area contributed by atoms with Gasteiger partial charge in [-0.15, -0.1) is 0 Å². The van der Waals surface area contributed by atoms with E-state index in [1.165, 1.54) is 0 Å². The van der Waals surface area contributed by atoms with Crippen molar-refractivity contribution in [2.75, 3.05) is 13.2 Å².